The second kappa shape index (κ2) is 21.4. The highest BCUT2D eigenvalue weighted by Crippen LogP contribution is 2.14. The summed E-state index contributed by atoms with van der Waals surface area (Å²) < 4.78 is 4.65. The highest BCUT2D eigenvalue weighted by atomic mass is 16.5. The van der Waals surface area contributed by atoms with Crippen LogP contribution in [0.25, 0.3) is 0 Å². The van der Waals surface area contributed by atoms with Gasteiger partial charge in [0.25, 0.3) is 0 Å². The number of hydrogen-bond acceptors (Lipinski definition) is 3. The third-order valence-corrected chi connectivity index (χ3v) is 5.39. The lowest BCUT2D eigenvalue weighted by Gasteiger charge is -2.04. The summed E-state index contributed by atoms with van der Waals surface area (Å²) in [7, 11) is 1.46. The summed E-state index contributed by atoms with van der Waals surface area (Å²) in [6.07, 6.45) is 24.9. The van der Waals surface area contributed by atoms with Gasteiger partial charge < -0.3 is 9.53 Å². The number of Topliss-reactive ketones (excluding diaryl/α,β-unsaturated/α-hetero) is 1. The Labute approximate surface area is 169 Å². The lowest BCUT2D eigenvalue weighted by molar-refractivity contribution is -0.140. The van der Waals surface area contributed by atoms with Gasteiger partial charge in [0.2, 0.25) is 0 Å². The van der Waals surface area contributed by atoms with Crippen LogP contribution in [0.1, 0.15) is 135 Å². The molecule has 160 valence electrons. The third kappa shape index (κ3) is 23.1. The highest BCUT2D eigenvalue weighted by molar-refractivity contribution is 5.75. The van der Waals surface area contributed by atoms with E-state index in [0.717, 1.165) is 25.7 Å². The second-order valence-corrected chi connectivity index (χ2v) is 8.14. The molecule has 0 rings (SSSR count). The maximum Gasteiger partial charge on any atom is 0.305 e. The van der Waals surface area contributed by atoms with Gasteiger partial charge in [-0.15, -0.1) is 0 Å². The van der Waals surface area contributed by atoms with Crippen LogP contribution >= 0.6 is 0 Å². The molecule has 0 aliphatic heterocycles. The van der Waals surface area contributed by atoms with Crippen LogP contribution < -0.4 is 0 Å². The average molecular weight is 383 g/mol. The van der Waals surface area contributed by atoms with Crippen molar-refractivity contribution in [2.24, 2.45) is 0 Å². The number of esters is 1. The molecular weight excluding hydrogens is 336 g/mol. The van der Waals surface area contributed by atoms with Crippen LogP contribution in [-0.4, -0.2) is 18.9 Å². The molecule has 0 amide bonds. The maximum absolute atomic E-state index is 11.0. The van der Waals surface area contributed by atoms with Crippen molar-refractivity contribution >= 4 is 11.8 Å². The molecule has 0 saturated heterocycles. The van der Waals surface area contributed by atoms with E-state index < -0.39 is 0 Å². The van der Waals surface area contributed by atoms with Gasteiger partial charge in [-0.1, -0.05) is 103 Å². The number of methoxy groups -OCH3 is 1. The summed E-state index contributed by atoms with van der Waals surface area (Å²) in [5.74, 6) is 0.263. The van der Waals surface area contributed by atoms with E-state index in [9.17, 15) is 9.59 Å². The van der Waals surface area contributed by atoms with E-state index in [-0.39, 0.29) is 5.97 Å². The van der Waals surface area contributed by atoms with E-state index in [4.69, 9.17) is 0 Å². The predicted molar refractivity (Wildman–Crippen MR) is 115 cm³/mol. The number of ether oxygens (including phenoxy) is 1. The van der Waals surface area contributed by atoms with Crippen LogP contribution in [0.4, 0.5) is 0 Å². The SMILES string of the molecule is COC(=O)CCCCCCCCCCCCCCCCCCCCC(C)=O. The summed E-state index contributed by atoms with van der Waals surface area (Å²) in [4.78, 5) is 21.8. The second-order valence-electron chi connectivity index (χ2n) is 8.14. The van der Waals surface area contributed by atoms with Crippen LogP contribution in [0.2, 0.25) is 0 Å². The Kier molecular flexibility index (Phi) is 20.8. The molecule has 0 atom stereocenters. The summed E-state index contributed by atoms with van der Waals surface area (Å²) >= 11 is 0. The van der Waals surface area contributed by atoms with Crippen molar-refractivity contribution < 1.29 is 14.3 Å². The number of carbonyl (C=O) groups excluding carboxylic acids is 2. The number of ketones is 1. The van der Waals surface area contributed by atoms with Crippen LogP contribution in [0, 0.1) is 0 Å². The molecule has 0 aliphatic rings. The summed E-state index contributed by atoms with van der Waals surface area (Å²) in [6.45, 7) is 1.69. The summed E-state index contributed by atoms with van der Waals surface area (Å²) in [5.41, 5.74) is 0. The van der Waals surface area contributed by atoms with Crippen molar-refractivity contribution in [1.82, 2.24) is 0 Å². The Morgan fingerprint density at radius 1 is 0.481 bits per heavy atom. The number of unbranched alkanes of at least 4 members (excludes halogenated alkanes) is 17. The Balaban J connectivity index is 3.03. The Morgan fingerprint density at radius 2 is 0.741 bits per heavy atom. The van der Waals surface area contributed by atoms with Crippen molar-refractivity contribution in [3.05, 3.63) is 0 Å². The van der Waals surface area contributed by atoms with E-state index in [1.165, 1.54) is 103 Å². The molecule has 0 spiro atoms. The summed E-state index contributed by atoms with van der Waals surface area (Å²) in [6, 6.07) is 0. The molecule has 0 saturated carbocycles. The van der Waals surface area contributed by atoms with Crippen LogP contribution in [0.5, 0.6) is 0 Å². The quantitative estimate of drug-likeness (QED) is 0.152. The van der Waals surface area contributed by atoms with Crippen LogP contribution in [-0.2, 0) is 14.3 Å². The zero-order valence-corrected chi connectivity index (χ0v) is 18.4. The fourth-order valence-electron chi connectivity index (χ4n) is 3.57. The average Bonchev–Trinajstić information content (AvgIpc) is 2.65. The van der Waals surface area contributed by atoms with Crippen molar-refractivity contribution in [3.63, 3.8) is 0 Å². The van der Waals surface area contributed by atoms with E-state index in [2.05, 4.69) is 4.74 Å². The first kappa shape index (κ1) is 26.1. The molecule has 0 aromatic heterocycles. The van der Waals surface area contributed by atoms with Crippen molar-refractivity contribution in [2.75, 3.05) is 7.11 Å². The van der Waals surface area contributed by atoms with E-state index in [1.54, 1.807) is 6.92 Å². The van der Waals surface area contributed by atoms with Crippen LogP contribution in [0.15, 0.2) is 0 Å². The first-order valence-electron chi connectivity index (χ1n) is 11.7. The summed E-state index contributed by atoms with van der Waals surface area (Å²) in [5, 5.41) is 0. The molecule has 0 unspecified atom stereocenters. The Bertz CT molecular complexity index is 339. The van der Waals surface area contributed by atoms with Gasteiger partial charge in [-0.2, -0.15) is 0 Å². The van der Waals surface area contributed by atoms with Gasteiger partial charge >= 0.3 is 5.97 Å². The van der Waals surface area contributed by atoms with E-state index in [1.807, 2.05) is 0 Å². The van der Waals surface area contributed by atoms with Gasteiger partial charge in [0.05, 0.1) is 7.11 Å². The van der Waals surface area contributed by atoms with Crippen molar-refractivity contribution in [1.29, 1.82) is 0 Å². The van der Waals surface area contributed by atoms with Gasteiger partial charge in [-0.3, -0.25) is 4.79 Å². The van der Waals surface area contributed by atoms with E-state index >= 15 is 0 Å². The van der Waals surface area contributed by atoms with Gasteiger partial charge in [0.15, 0.2) is 0 Å². The molecule has 0 heterocycles. The standard InChI is InChI=1S/C24H46O3/c1-23(25)21-19-17-15-13-11-9-7-5-3-4-6-8-10-12-14-16-18-20-22-24(26)27-2/h3-22H2,1-2H3. The number of rotatable bonds is 21. The van der Waals surface area contributed by atoms with Crippen LogP contribution in [0.3, 0.4) is 0 Å². The molecule has 0 fully saturated rings. The molecule has 3 nitrogen and oxygen atoms in total. The first-order valence-corrected chi connectivity index (χ1v) is 11.7. The topological polar surface area (TPSA) is 43.4 Å². The van der Waals surface area contributed by atoms with Gasteiger partial charge in [0, 0.05) is 12.8 Å². The normalized spacial score (nSPS) is 10.9. The zero-order chi connectivity index (χ0) is 20.0. The number of hydrogen-bond donors (Lipinski definition) is 0. The molecule has 0 N–H and O–H groups in total. The monoisotopic (exact) mass is 382 g/mol. The fraction of sp³-hybridized carbons (Fsp3) is 0.917. The molecular formula is C24H46O3. The zero-order valence-electron chi connectivity index (χ0n) is 18.4. The van der Waals surface area contributed by atoms with Gasteiger partial charge in [-0.05, 0) is 19.8 Å². The fourth-order valence-corrected chi connectivity index (χ4v) is 3.57. The lowest BCUT2D eigenvalue weighted by Crippen LogP contribution is -1.99. The molecule has 0 aromatic rings. The molecule has 0 aromatic carbocycles. The largest absolute Gasteiger partial charge is 0.469 e. The van der Waals surface area contributed by atoms with Crippen molar-refractivity contribution in [3.8, 4) is 0 Å². The van der Waals surface area contributed by atoms with Gasteiger partial charge in [0.1, 0.15) is 5.78 Å². The maximum atomic E-state index is 11.0. The third-order valence-electron chi connectivity index (χ3n) is 5.39. The molecule has 0 aliphatic carbocycles. The first-order chi connectivity index (χ1) is 13.2. The molecule has 27 heavy (non-hydrogen) atoms. The predicted octanol–water partition coefficient (Wildman–Crippen LogP) is 7.55. The Hall–Kier alpha value is -0.860. The minimum atomic E-state index is -0.0730. The smallest absolute Gasteiger partial charge is 0.305 e. The minimum Gasteiger partial charge on any atom is -0.469 e. The molecule has 0 radical (unpaired) electrons. The number of carbonyl (C=O) groups is 2. The Morgan fingerprint density at radius 3 is 1.00 bits per heavy atom. The molecule has 0 bridgehead atoms. The minimum absolute atomic E-state index is 0.0730. The highest BCUT2D eigenvalue weighted by Gasteiger charge is 1.99. The van der Waals surface area contributed by atoms with Gasteiger partial charge in [-0.25, -0.2) is 0 Å². The molecule has 3 heteroatoms. The lowest BCUT2D eigenvalue weighted by atomic mass is 10.0. The van der Waals surface area contributed by atoms with E-state index in [0.29, 0.717) is 12.2 Å². The van der Waals surface area contributed by atoms with Crippen molar-refractivity contribution in [2.45, 2.75) is 135 Å².